The van der Waals surface area contributed by atoms with Gasteiger partial charge in [-0.2, -0.15) is 10.5 Å². The Morgan fingerprint density at radius 1 is 1.08 bits per heavy atom. The highest BCUT2D eigenvalue weighted by Gasteiger charge is 2.26. The predicted octanol–water partition coefficient (Wildman–Crippen LogP) is -1.46. The Balaban J connectivity index is 0.00000288. The molecular weight excluding hydrogens is 368 g/mol. The quantitative estimate of drug-likeness (QED) is 0.511. The smallest absolute Gasteiger partial charge is 0.286 e. The summed E-state index contributed by atoms with van der Waals surface area (Å²) in [6, 6.07) is 10.6. The zero-order valence-corrected chi connectivity index (χ0v) is 15.9. The molecule has 0 aliphatic carbocycles. The van der Waals surface area contributed by atoms with Crippen molar-refractivity contribution >= 4 is 0 Å². The monoisotopic (exact) mass is 388 g/mol. The Labute approximate surface area is 152 Å². The number of nitrogen functional groups attached to an aromatic ring is 1. The van der Waals surface area contributed by atoms with Crippen molar-refractivity contribution in [2.24, 2.45) is 0 Å². The maximum absolute atomic E-state index is 9.43. The van der Waals surface area contributed by atoms with E-state index in [4.69, 9.17) is 5.84 Å². The highest BCUT2D eigenvalue weighted by atomic mass is 79.9. The molecule has 24 heavy (non-hydrogen) atoms. The van der Waals surface area contributed by atoms with Crippen molar-refractivity contribution in [3.63, 3.8) is 0 Å². The van der Waals surface area contributed by atoms with Crippen LogP contribution in [0.2, 0.25) is 0 Å². The van der Waals surface area contributed by atoms with Crippen LogP contribution in [0.15, 0.2) is 30.9 Å². The number of halogens is 1. The molecule has 0 bridgehead atoms. The summed E-state index contributed by atoms with van der Waals surface area (Å²) < 4.78 is 3.09. The average molecular weight is 389 g/mol. The van der Waals surface area contributed by atoms with E-state index < -0.39 is 10.8 Å². The molecule has 2 N–H and O–H groups in total. The minimum atomic E-state index is -0.631. The van der Waals surface area contributed by atoms with E-state index in [1.807, 2.05) is 45.9 Å². The first-order valence-electron chi connectivity index (χ1n) is 7.34. The molecule has 2 aromatic rings. The Morgan fingerprint density at radius 2 is 1.58 bits per heavy atom. The Kier molecular flexibility index (Phi) is 5.75. The van der Waals surface area contributed by atoms with Crippen molar-refractivity contribution in [1.82, 2.24) is 9.78 Å². The van der Waals surface area contributed by atoms with Crippen molar-refractivity contribution in [3.8, 4) is 12.1 Å². The Hall–Kier alpha value is -2.38. The maximum atomic E-state index is 9.43. The third-order valence-electron chi connectivity index (χ3n) is 3.94. The SMILES string of the molecule is CC(C)(C#N)c1cc(Cn2c[n+](N)cn2)cc(C(C)(C)C#N)c1.[Br-]. The highest BCUT2D eigenvalue weighted by Crippen LogP contribution is 2.30. The fourth-order valence-electron chi connectivity index (χ4n) is 2.24. The van der Waals surface area contributed by atoms with E-state index >= 15 is 0 Å². The number of hydrogen-bond acceptors (Lipinski definition) is 4. The average Bonchev–Trinajstić information content (AvgIpc) is 2.92. The summed E-state index contributed by atoms with van der Waals surface area (Å²) in [5, 5.41) is 23.0. The molecule has 6 nitrogen and oxygen atoms in total. The Morgan fingerprint density at radius 3 is 1.96 bits per heavy atom. The van der Waals surface area contributed by atoms with Crippen molar-refractivity contribution in [2.75, 3.05) is 5.84 Å². The summed E-state index contributed by atoms with van der Waals surface area (Å²) in [7, 11) is 0. The first-order chi connectivity index (χ1) is 10.7. The molecular formula is C17H21BrN6. The van der Waals surface area contributed by atoms with Gasteiger partial charge in [0.25, 0.3) is 6.33 Å². The molecule has 0 spiro atoms. The van der Waals surface area contributed by atoms with E-state index in [1.165, 1.54) is 11.0 Å². The van der Waals surface area contributed by atoms with Crippen molar-refractivity contribution < 1.29 is 21.7 Å². The van der Waals surface area contributed by atoms with Crippen molar-refractivity contribution in [2.45, 2.75) is 45.1 Å². The number of benzene rings is 1. The molecule has 0 amide bonds. The standard InChI is InChI=1S/C17H21N6.BrH/c1-16(2,9-18)14-5-13(8-23-12-22(20)11-21-23)6-15(7-14)17(3,4)10-19;/h5-7,11-12H,8,20H2,1-4H3;1H/q+1;/p-1. The lowest BCUT2D eigenvalue weighted by molar-refractivity contribution is -0.639. The number of rotatable bonds is 4. The van der Waals surface area contributed by atoms with Crippen LogP contribution in [0.3, 0.4) is 0 Å². The lowest BCUT2D eigenvalue weighted by Crippen LogP contribution is -3.00. The van der Waals surface area contributed by atoms with Gasteiger partial charge in [-0.05, 0) is 44.4 Å². The van der Waals surface area contributed by atoms with Crippen LogP contribution < -0.4 is 27.5 Å². The fourth-order valence-corrected chi connectivity index (χ4v) is 2.24. The molecule has 0 saturated heterocycles. The number of nitriles is 2. The summed E-state index contributed by atoms with van der Waals surface area (Å²) in [5.74, 6) is 5.62. The van der Waals surface area contributed by atoms with Gasteiger partial charge < -0.3 is 17.0 Å². The second-order valence-corrected chi connectivity index (χ2v) is 6.78. The number of aromatic nitrogens is 3. The van der Waals surface area contributed by atoms with Crippen LogP contribution in [-0.2, 0) is 17.4 Å². The van der Waals surface area contributed by atoms with E-state index in [-0.39, 0.29) is 17.0 Å². The number of hydrogen-bond donors (Lipinski definition) is 1. The molecule has 0 atom stereocenters. The lowest BCUT2D eigenvalue weighted by atomic mass is 9.79. The Bertz CT molecular complexity index is 763. The first kappa shape index (κ1) is 19.7. The maximum Gasteiger partial charge on any atom is 0.286 e. The van der Waals surface area contributed by atoms with Gasteiger partial charge in [-0.15, -0.1) is 9.36 Å². The summed E-state index contributed by atoms with van der Waals surface area (Å²) in [5.41, 5.74) is 1.50. The molecule has 126 valence electrons. The largest absolute Gasteiger partial charge is 1.00 e. The third kappa shape index (κ3) is 4.12. The first-order valence-corrected chi connectivity index (χ1v) is 7.34. The van der Waals surface area contributed by atoms with Crippen LogP contribution in [0.1, 0.15) is 44.4 Å². The number of nitrogens with zero attached hydrogens (tertiary/aromatic N) is 5. The molecule has 1 aromatic carbocycles. The van der Waals surface area contributed by atoms with Crippen LogP contribution in [0.5, 0.6) is 0 Å². The second-order valence-electron chi connectivity index (χ2n) is 6.78. The zero-order chi connectivity index (χ0) is 17.3. The van der Waals surface area contributed by atoms with Gasteiger partial charge >= 0.3 is 0 Å². The molecule has 1 aromatic heterocycles. The van der Waals surface area contributed by atoms with Gasteiger partial charge in [-0.25, -0.2) is 0 Å². The molecule has 7 heteroatoms. The zero-order valence-electron chi connectivity index (χ0n) is 14.3. The molecule has 2 rings (SSSR count). The van der Waals surface area contributed by atoms with Gasteiger partial charge in [0.15, 0.2) is 0 Å². The van der Waals surface area contributed by atoms with Gasteiger partial charge in [0.2, 0.25) is 6.33 Å². The van der Waals surface area contributed by atoms with Crippen LogP contribution in [0.4, 0.5) is 0 Å². The summed E-state index contributed by atoms with van der Waals surface area (Å²) in [6.45, 7) is 8.01. The minimum Gasteiger partial charge on any atom is -1.00 e. The molecule has 0 unspecified atom stereocenters. The van der Waals surface area contributed by atoms with Crippen LogP contribution >= 0.6 is 0 Å². The van der Waals surface area contributed by atoms with Crippen LogP contribution in [0.25, 0.3) is 0 Å². The van der Waals surface area contributed by atoms with Gasteiger partial charge in [-0.1, -0.05) is 18.2 Å². The summed E-state index contributed by atoms with van der Waals surface area (Å²) in [6.07, 6.45) is 3.19. The van der Waals surface area contributed by atoms with E-state index in [1.54, 1.807) is 11.0 Å². The second kappa shape index (κ2) is 7.02. The molecule has 0 fully saturated rings. The summed E-state index contributed by atoms with van der Waals surface area (Å²) >= 11 is 0. The molecule has 0 aliphatic rings. The van der Waals surface area contributed by atoms with Gasteiger partial charge in [0.1, 0.15) is 6.54 Å². The molecule has 0 radical (unpaired) electrons. The lowest BCUT2D eigenvalue weighted by Gasteiger charge is -2.22. The third-order valence-corrected chi connectivity index (χ3v) is 3.94. The number of nitrogens with two attached hydrogens (primary N) is 1. The molecule has 0 aliphatic heterocycles. The van der Waals surface area contributed by atoms with Crippen molar-refractivity contribution in [3.05, 3.63) is 47.5 Å². The van der Waals surface area contributed by atoms with E-state index in [2.05, 4.69) is 17.2 Å². The van der Waals surface area contributed by atoms with Crippen LogP contribution in [0, 0.1) is 22.7 Å². The highest BCUT2D eigenvalue weighted by molar-refractivity contribution is 5.42. The van der Waals surface area contributed by atoms with Gasteiger partial charge in [-0.3, -0.25) is 5.84 Å². The summed E-state index contributed by atoms with van der Waals surface area (Å²) in [4.78, 5) is 0. The van der Waals surface area contributed by atoms with Gasteiger partial charge in [0.05, 0.1) is 23.0 Å². The normalized spacial score (nSPS) is 11.2. The predicted molar refractivity (Wildman–Crippen MR) is 85.4 cm³/mol. The van der Waals surface area contributed by atoms with E-state index in [0.717, 1.165) is 16.7 Å². The molecule has 1 heterocycles. The molecule has 0 saturated carbocycles. The van der Waals surface area contributed by atoms with Gasteiger partial charge in [0, 0.05) is 5.10 Å². The van der Waals surface area contributed by atoms with E-state index in [9.17, 15) is 10.5 Å². The van der Waals surface area contributed by atoms with Crippen molar-refractivity contribution in [1.29, 1.82) is 10.5 Å². The fraction of sp³-hybridized carbons (Fsp3) is 0.412. The van der Waals surface area contributed by atoms with Crippen LogP contribution in [-0.4, -0.2) is 9.78 Å². The topological polar surface area (TPSA) is 95.3 Å². The minimum absolute atomic E-state index is 0. The van der Waals surface area contributed by atoms with E-state index in [0.29, 0.717) is 6.54 Å².